The van der Waals surface area contributed by atoms with Gasteiger partial charge in [0.2, 0.25) is 0 Å². The number of hydrogen-bond donors (Lipinski definition) is 1. The van der Waals surface area contributed by atoms with Crippen LogP contribution in [-0.2, 0) is 16.1 Å². The summed E-state index contributed by atoms with van der Waals surface area (Å²) in [5.41, 5.74) is 0.244. The van der Waals surface area contributed by atoms with Crippen LogP contribution in [-0.4, -0.2) is 22.4 Å². The van der Waals surface area contributed by atoms with E-state index in [2.05, 4.69) is 0 Å². The summed E-state index contributed by atoms with van der Waals surface area (Å²) in [7, 11) is 0. The highest BCUT2D eigenvalue weighted by Gasteiger charge is 2.16. The molecule has 0 atom stereocenters. The number of ether oxygens (including phenoxy) is 1. The number of carbonyl (C=O) groups excluding carboxylic acids is 1. The van der Waals surface area contributed by atoms with Gasteiger partial charge in [-0.15, -0.1) is 11.8 Å². The van der Waals surface area contributed by atoms with Crippen LogP contribution < -0.4 is 0 Å². The van der Waals surface area contributed by atoms with E-state index in [0.29, 0.717) is 5.02 Å². The van der Waals surface area contributed by atoms with Gasteiger partial charge in [-0.05, 0) is 44.5 Å². The largest absolute Gasteiger partial charge is 0.459 e. The van der Waals surface area contributed by atoms with Crippen molar-refractivity contribution in [2.24, 2.45) is 0 Å². The minimum absolute atomic E-state index is 0.1000. The quantitative estimate of drug-likeness (QED) is 0.682. The maximum atomic E-state index is 11.6. The van der Waals surface area contributed by atoms with E-state index >= 15 is 0 Å². The van der Waals surface area contributed by atoms with Gasteiger partial charge >= 0.3 is 5.97 Å². The van der Waals surface area contributed by atoms with Crippen LogP contribution in [0.4, 0.5) is 0 Å². The fourth-order valence-corrected chi connectivity index (χ4v) is 2.32. The van der Waals surface area contributed by atoms with Gasteiger partial charge in [-0.2, -0.15) is 0 Å². The van der Waals surface area contributed by atoms with E-state index in [-0.39, 0.29) is 18.3 Å². The number of aliphatic hydroxyl groups is 1. The van der Waals surface area contributed by atoms with E-state index in [0.717, 1.165) is 10.5 Å². The van der Waals surface area contributed by atoms with Crippen LogP contribution in [0.25, 0.3) is 0 Å². The zero-order valence-electron chi connectivity index (χ0n) is 10.7. The van der Waals surface area contributed by atoms with Crippen molar-refractivity contribution in [2.75, 3.05) is 5.75 Å². The van der Waals surface area contributed by atoms with Crippen LogP contribution in [0.1, 0.15) is 26.3 Å². The lowest BCUT2D eigenvalue weighted by molar-refractivity contribution is -0.151. The molecule has 1 aromatic rings. The Morgan fingerprint density at radius 1 is 1.44 bits per heavy atom. The summed E-state index contributed by atoms with van der Waals surface area (Å²) < 4.78 is 5.21. The lowest BCUT2D eigenvalue weighted by Gasteiger charge is -2.19. The summed E-state index contributed by atoms with van der Waals surface area (Å²) >= 11 is 7.17. The zero-order chi connectivity index (χ0) is 13.8. The molecule has 3 nitrogen and oxygen atoms in total. The van der Waals surface area contributed by atoms with Gasteiger partial charge in [0.25, 0.3) is 0 Å². The van der Waals surface area contributed by atoms with Gasteiger partial charge in [0, 0.05) is 9.92 Å². The topological polar surface area (TPSA) is 46.5 Å². The Kier molecular flexibility index (Phi) is 5.50. The van der Waals surface area contributed by atoms with Crippen LogP contribution >= 0.6 is 23.4 Å². The number of hydrogen-bond acceptors (Lipinski definition) is 4. The number of esters is 1. The summed E-state index contributed by atoms with van der Waals surface area (Å²) in [5, 5.41) is 9.78. The molecule has 0 heterocycles. The van der Waals surface area contributed by atoms with E-state index in [4.69, 9.17) is 16.3 Å². The first-order valence-electron chi connectivity index (χ1n) is 5.56. The number of rotatable bonds is 4. The highest BCUT2D eigenvalue weighted by atomic mass is 35.5. The molecule has 1 rings (SSSR count). The monoisotopic (exact) mass is 288 g/mol. The third-order valence-corrected chi connectivity index (χ3v) is 3.28. The van der Waals surface area contributed by atoms with E-state index in [1.54, 1.807) is 18.2 Å². The highest BCUT2D eigenvalue weighted by Crippen LogP contribution is 2.26. The Labute approximate surface area is 116 Å². The number of halogens is 1. The molecule has 18 heavy (non-hydrogen) atoms. The van der Waals surface area contributed by atoms with Gasteiger partial charge in [-0.1, -0.05) is 11.6 Å². The predicted molar refractivity (Wildman–Crippen MR) is 73.9 cm³/mol. The number of aliphatic hydroxyl groups excluding tert-OH is 1. The van der Waals surface area contributed by atoms with Gasteiger partial charge < -0.3 is 9.84 Å². The van der Waals surface area contributed by atoms with Crippen molar-refractivity contribution in [1.29, 1.82) is 0 Å². The van der Waals surface area contributed by atoms with E-state index in [1.165, 1.54) is 11.8 Å². The van der Waals surface area contributed by atoms with Crippen molar-refractivity contribution < 1.29 is 14.6 Å². The lowest BCUT2D eigenvalue weighted by Crippen LogP contribution is -2.24. The minimum atomic E-state index is -0.475. The SMILES string of the molecule is CC(C)(C)OC(=O)CSc1ccc(Cl)cc1CO. The first-order chi connectivity index (χ1) is 8.31. The molecule has 0 saturated carbocycles. The second-order valence-electron chi connectivity index (χ2n) is 4.79. The lowest BCUT2D eigenvalue weighted by atomic mass is 10.2. The van der Waals surface area contributed by atoms with E-state index in [1.807, 2.05) is 20.8 Å². The third kappa shape index (κ3) is 5.29. The van der Waals surface area contributed by atoms with E-state index in [9.17, 15) is 9.90 Å². The molecule has 0 saturated heterocycles. The molecule has 5 heteroatoms. The second kappa shape index (κ2) is 6.45. The first-order valence-corrected chi connectivity index (χ1v) is 6.92. The van der Waals surface area contributed by atoms with Crippen LogP contribution in [0.3, 0.4) is 0 Å². The Morgan fingerprint density at radius 2 is 2.11 bits per heavy atom. The zero-order valence-corrected chi connectivity index (χ0v) is 12.3. The van der Waals surface area contributed by atoms with Crippen molar-refractivity contribution in [1.82, 2.24) is 0 Å². The third-order valence-electron chi connectivity index (χ3n) is 1.96. The molecule has 0 aliphatic carbocycles. The highest BCUT2D eigenvalue weighted by molar-refractivity contribution is 8.00. The molecular weight excluding hydrogens is 272 g/mol. The van der Waals surface area contributed by atoms with Crippen molar-refractivity contribution in [3.05, 3.63) is 28.8 Å². The molecular formula is C13H17ClO3S. The molecule has 0 amide bonds. The maximum Gasteiger partial charge on any atom is 0.316 e. The van der Waals surface area contributed by atoms with Crippen LogP contribution in [0, 0.1) is 0 Å². The van der Waals surface area contributed by atoms with E-state index < -0.39 is 5.60 Å². The maximum absolute atomic E-state index is 11.6. The number of thioether (sulfide) groups is 1. The Bertz CT molecular complexity index is 427. The fraction of sp³-hybridized carbons (Fsp3) is 0.462. The molecule has 0 bridgehead atoms. The minimum Gasteiger partial charge on any atom is -0.459 e. The molecule has 100 valence electrons. The van der Waals surface area contributed by atoms with Crippen LogP contribution in [0.15, 0.2) is 23.1 Å². The van der Waals surface area contributed by atoms with Crippen molar-refractivity contribution in [3.63, 3.8) is 0 Å². The summed E-state index contributed by atoms with van der Waals surface area (Å²) in [5.74, 6) is -0.0577. The van der Waals surface area contributed by atoms with Gasteiger partial charge in [0.1, 0.15) is 5.60 Å². The van der Waals surface area contributed by atoms with Gasteiger partial charge in [0.05, 0.1) is 12.4 Å². The molecule has 0 fully saturated rings. The normalized spacial score (nSPS) is 11.4. The summed E-state index contributed by atoms with van der Waals surface area (Å²) in [6.07, 6.45) is 0. The number of benzene rings is 1. The average molecular weight is 289 g/mol. The Hall–Kier alpha value is -0.710. The van der Waals surface area contributed by atoms with Gasteiger partial charge in [-0.3, -0.25) is 4.79 Å². The standard InChI is InChI=1S/C13H17ClO3S/c1-13(2,3)17-12(16)8-18-11-5-4-10(14)6-9(11)7-15/h4-6,15H,7-8H2,1-3H3. The number of carbonyl (C=O) groups is 1. The van der Waals surface area contributed by atoms with Crippen LogP contribution in [0.5, 0.6) is 0 Å². The van der Waals surface area contributed by atoms with Gasteiger partial charge in [-0.25, -0.2) is 0 Å². The van der Waals surface area contributed by atoms with Crippen molar-refractivity contribution >= 4 is 29.3 Å². The van der Waals surface area contributed by atoms with Crippen LogP contribution in [0.2, 0.25) is 5.02 Å². The molecule has 0 aliphatic rings. The molecule has 0 spiro atoms. The Balaban J connectivity index is 2.61. The molecule has 0 aliphatic heterocycles. The predicted octanol–water partition coefficient (Wildman–Crippen LogP) is 3.27. The van der Waals surface area contributed by atoms with Gasteiger partial charge in [0.15, 0.2) is 0 Å². The van der Waals surface area contributed by atoms with Crippen molar-refractivity contribution in [2.45, 2.75) is 37.9 Å². The summed E-state index contributed by atoms with van der Waals surface area (Å²) in [6.45, 7) is 5.39. The second-order valence-corrected chi connectivity index (χ2v) is 6.24. The summed E-state index contributed by atoms with van der Waals surface area (Å²) in [4.78, 5) is 12.4. The molecule has 1 N–H and O–H groups in total. The van der Waals surface area contributed by atoms with Crippen molar-refractivity contribution in [3.8, 4) is 0 Å². The molecule has 0 unspecified atom stereocenters. The smallest absolute Gasteiger partial charge is 0.316 e. The Morgan fingerprint density at radius 3 is 2.67 bits per heavy atom. The first kappa shape index (κ1) is 15.3. The molecule has 1 aromatic carbocycles. The average Bonchev–Trinajstić information content (AvgIpc) is 2.24. The molecule has 0 radical (unpaired) electrons. The fourth-order valence-electron chi connectivity index (χ4n) is 1.32. The molecule has 0 aromatic heterocycles. The summed E-state index contributed by atoms with van der Waals surface area (Å²) in [6, 6.07) is 5.22.